The maximum Gasteiger partial charge on any atom is 0.128 e. The second-order valence-corrected chi connectivity index (χ2v) is 4.05. The van der Waals surface area contributed by atoms with Crippen molar-refractivity contribution >= 4 is 17.3 Å². The summed E-state index contributed by atoms with van der Waals surface area (Å²) in [5.74, 6) is 0.838. The third-order valence-electron chi connectivity index (χ3n) is 2.40. The number of anilines is 1. The van der Waals surface area contributed by atoms with Crippen molar-refractivity contribution < 1.29 is 0 Å². The summed E-state index contributed by atoms with van der Waals surface area (Å²) < 4.78 is 0. The molecule has 1 heterocycles. The molecule has 0 aliphatic heterocycles. The molecular weight excluding hydrogens is 236 g/mol. The SMILES string of the molecule is CC(Nc1ccc(C#N)cc1Cl)c1ncc[nH]1. The van der Waals surface area contributed by atoms with Crippen LogP contribution < -0.4 is 5.32 Å². The number of imidazole rings is 1. The van der Waals surface area contributed by atoms with Gasteiger partial charge in [0, 0.05) is 12.4 Å². The minimum absolute atomic E-state index is 0.0236. The Balaban J connectivity index is 2.17. The van der Waals surface area contributed by atoms with Crippen molar-refractivity contribution in [3.05, 3.63) is 47.0 Å². The second kappa shape index (κ2) is 4.89. The molecule has 0 saturated heterocycles. The predicted molar refractivity (Wildman–Crippen MR) is 66.8 cm³/mol. The molecule has 0 aliphatic rings. The van der Waals surface area contributed by atoms with E-state index in [9.17, 15) is 0 Å². The van der Waals surface area contributed by atoms with E-state index in [4.69, 9.17) is 16.9 Å². The molecule has 4 nitrogen and oxygen atoms in total. The molecule has 0 radical (unpaired) electrons. The zero-order valence-electron chi connectivity index (χ0n) is 9.24. The molecule has 2 aromatic rings. The summed E-state index contributed by atoms with van der Waals surface area (Å²) in [5, 5.41) is 12.5. The highest BCUT2D eigenvalue weighted by atomic mass is 35.5. The fraction of sp³-hybridized carbons (Fsp3) is 0.167. The molecule has 1 aromatic carbocycles. The average Bonchev–Trinajstić information content (AvgIpc) is 2.85. The van der Waals surface area contributed by atoms with Gasteiger partial charge in [-0.1, -0.05) is 11.6 Å². The third-order valence-corrected chi connectivity index (χ3v) is 2.71. The molecule has 0 fully saturated rings. The van der Waals surface area contributed by atoms with Crippen LogP contribution in [0.15, 0.2) is 30.6 Å². The monoisotopic (exact) mass is 246 g/mol. The zero-order valence-corrected chi connectivity index (χ0v) is 9.99. The number of nitrogens with one attached hydrogen (secondary N) is 2. The van der Waals surface area contributed by atoms with E-state index in [0.717, 1.165) is 11.5 Å². The maximum atomic E-state index is 8.74. The zero-order chi connectivity index (χ0) is 12.3. The summed E-state index contributed by atoms with van der Waals surface area (Å²) in [6.07, 6.45) is 3.47. The van der Waals surface area contributed by atoms with Crippen LogP contribution >= 0.6 is 11.6 Å². The molecule has 2 rings (SSSR count). The van der Waals surface area contributed by atoms with Crippen molar-refractivity contribution in [2.75, 3.05) is 5.32 Å². The van der Waals surface area contributed by atoms with Crippen molar-refractivity contribution in [1.29, 1.82) is 5.26 Å². The molecule has 0 aliphatic carbocycles. The van der Waals surface area contributed by atoms with E-state index in [1.54, 1.807) is 30.6 Å². The highest BCUT2D eigenvalue weighted by Crippen LogP contribution is 2.26. The smallest absolute Gasteiger partial charge is 0.128 e. The van der Waals surface area contributed by atoms with E-state index in [1.807, 2.05) is 13.0 Å². The van der Waals surface area contributed by atoms with Crippen LogP contribution in [0, 0.1) is 11.3 Å². The van der Waals surface area contributed by atoms with Crippen molar-refractivity contribution in [3.8, 4) is 6.07 Å². The average molecular weight is 247 g/mol. The van der Waals surface area contributed by atoms with Gasteiger partial charge in [0.1, 0.15) is 5.82 Å². The Morgan fingerprint density at radius 2 is 2.35 bits per heavy atom. The Morgan fingerprint density at radius 3 is 2.94 bits per heavy atom. The molecule has 1 aromatic heterocycles. The van der Waals surface area contributed by atoms with Crippen molar-refractivity contribution in [2.24, 2.45) is 0 Å². The van der Waals surface area contributed by atoms with E-state index in [1.165, 1.54) is 0 Å². The Morgan fingerprint density at radius 1 is 1.53 bits per heavy atom. The molecule has 0 amide bonds. The van der Waals surface area contributed by atoms with Gasteiger partial charge in [0.25, 0.3) is 0 Å². The highest BCUT2D eigenvalue weighted by molar-refractivity contribution is 6.33. The van der Waals surface area contributed by atoms with Gasteiger partial charge in [0.2, 0.25) is 0 Å². The van der Waals surface area contributed by atoms with Crippen LogP contribution in [-0.2, 0) is 0 Å². The molecule has 1 unspecified atom stereocenters. The maximum absolute atomic E-state index is 8.74. The van der Waals surface area contributed by atoms with E-state index in [-0.39, 0.29) is 6.04 Å². The number of nitriles is 1. The molecule has 0 bridgehead atoms. The van der Waals surface area contributed by atoms with Gasteiger partial charge in [-0.05, 0) is 25.1 Å². The Hall–Kier alpha value is -1.99. The summed E-state index contributed by atoms with van der Waals surface area (Å²) >= 11 is 6.07. The number of aromatic nitrogens is 2. The first-order chi connectivity index (χ1) is 8.20. The Kier molecular flexibility index (Phi) is 3.31. The number of hydrogen-bond donors (Lipinski definition) is 2. The highest BCUT2D eigenvalue weighted by Gasteiger charge is 2.09. The molecule has 1 atom stereocenters. The van der Waals surface area contributed by atoms with Crippen LogP contribution in [-0.4, -0.2) is 9.97 Å². The first-order valence-corrected chi connectivity index (χ1v) is 5.54. The van der Waals surface area contributed by atoms with E-state index >= 15 is 0 Å². The summed E-state index contributed by atoms with van der Waals surface area (Å²) in [7, 11) is 0. The molecule has 17 heavy (non-hydrogen) atoms. The van der Waals surface area contributed by atoms with Gasteiger partial charge < -0.3 is 10.3 Å². The number of rotatable bonds is 3. The minimum atomic E-state index is 0.0236. The first kappa shape index (κ1) is 11.5. The van der Waals surface area contributed by atoms with Crippen molar-refractivity contribution in [1.82, 2.24) is 9.97 Å². The fourth-order valence-electron chi connectivity index (χ4n) is 1.52. The fourth-order valence-corrected chi connectivity index (χ4v) is 1.75. The lowest BCUT2D eigenvalue weighted by Gasteiger charge is -2.14. The van der Waals surface area contributed by atoms with Gasteiger partial charge >= 0.3 is 0 Å². The van der Waals surface area contributed by atoms with Gasteiger partial charge in [-0.15, -0.1) is 0 Å². The topological polar surface area (TPSA) is 64.5 Å². The molecular formula is C12H11ClN4. The summed E-state index contributed by atoms with van der Waals surface area (Å²) in [4.78, 5) is 7.19. The number of hydrogen-bond acceptors (Lipinski definition) is 3. The molecule has 86 valence electrons. The second-order valence-electron chi connectivity index (χ2n) is 3.65. The first-order valence-electron chi connectivity index (χ1n) is 5.16. The Bertz CT molecular complexity index is 542. The summed E-state index contributed by atoms with van der Waals surface area (Å²) in [6, 6.07) is 7.22. The molecule has 0 saturated carbocycles. The van der Waals surface area contributed by atoms with Crippen LogP contribution in [0.3, 0.4) is 0 Å². The van der Waals surface area contributed by atoms with Crippen LogP contribution in [0.1, 0.15) is 24.4 Å². The van der Waals surface area contributed by atoms with Crippen LogP contribution in [0.2, 0.25) is 5.02 Å². The van der Waals surface area contributed by atoms with Crippen molar-refractivity contribution in [3.63, 3.8) is 0 Å². The Labute approximate surface area is 104 Å². The number of aromatic amines is 1. The number of nitrogens with zero attached hydrogens (tertiary/aromatic N) is 2. The number of H-pyrrole nitrogens is 1. The van der Waals surface area contributed by atoms with E-state index in [2.05, 4.69) is 15.3 Å². The lowest BCUT2D eigenvalue weighted by Crippen LogP contribution is -2.08. The van der Waals surface area contributed by atoms with Gasteiger partial charge in [-0.3, -0.25) is 0 Å². The van der Waals surface area contributed by atoms with Crippen LogP contribution in [0.4, 0.5) is 5.69 Å². The molecule has 5 heteroatoms. The standard InChI is InChI=1S/C12H11ClN4/c1-8(12-15-4-5-16-12)17-11-3-2-9(7-14)6-10(11)13/h2-6,8,17H,1H3,(H,15,16). The van der Waals surface area contributed by atoms with E-state index in [0.29, 0.717) is 10.6 Å². The van der Waals surface area contributed by atoms with Crippen LogP contribution in [0.5, 0.6) is 0 Å². The number of halogens is 1. The quantitative estimate of drug-likeness (QED) is 0.875. The molecule has 0 spiro atoms. The van der Waals surface area contributed by atoms with Gasteiger partial charge in [0.15, 0.2) is 0 Å². The van der Waals surface area contributed by atoms with E-state index < -0.39 is 0 Å². The summed E-state index contributed by atoms with van der Waals surface area (Å²) in [6.45, 7) is 1.98. The minimum Gasteiger partial charge on any atom is -0.374 e. The number of benzene rings is 1. The lowest BCUT2D eigenvalue weighted by molar-refractivity contribution is 0.810. The summed E-state index contributed by atoms with van der Waals surface area (Å²) in [5.41, 5.74) is 1.33. The normalized spacial score (nSPS) is 11.8. The predicted octanol–water partition coefficient (Wildman–Crippen LogP) is 3.11. The third kappa shape index (κ3) is 2.58. The van der Waals surface area contributed by atoms with Gasteiger partial charge in [-0.2, -0.15) is 5.26 Å². The van der Waals surface area contributed by atoms with Crippen LogP contribution in [0.25, 0.3) is 0 Å². The van der Waals surface area contributed by atoms with Gasteiger partial charge in [0.05, 0.1) is 28.4 Å². The molecule has 2 N–H and O–H groups in total. The largest absolute Gasteiger partial charge is 0.374 e. The lowest BCUT2D eigenvalue weighted by atomic mass is 10.2. The van der Waals surface area contributed by atoms with Gasteiger partial charge in [-0.25, -0.2) is 4.98 Å². The van der Waals surface area contributed by atoms with Crippen molar-refractivity contribution in [2.45, 2.75) is 13.0 Å².